The average Bonchev–Trinajstić information content (AvgIpc) is 3.49. The molecule has 4 saturated carbocycles. The van der Waals surface area contributed by atoms with Crippen molar-refractivity contribution in [2.45, 2.75) is 129 Å². The monoisotopic (exact) mass is 490 g/mol. The van der Waals surface area contributed by atoms with E-state index in [1.165, 1.54) is 39.0 Å². The fourth-order valence-corrected chi connectivity index (χ4v) is 10.1. The first-order chi connectivity index (χ1) is 16.4. The van der Waals surface area contributed by atoms with E-state index in [2.05, 4.69) is 34.6 Å². The maximum Gasteiger partial charge on any atom is 0.302 e. The number of esters is 1. The van der Waals surface area contributed by atoms with Crippen molar-refractivity contribution in [2.75, 3.05) is 6.61 Å². The van der Waals surface area contributed by atoms with Gasteiger partial charge in [-0.05, 0) is 98.7 Å². The van der Waals surface area contributed by atoms with Crippen molar-refractivity contribution in [1.82, 2.24) is 0 Å². The summed E-state index contributed by atoms with van der Waals surface area (Å²) in [6.07, 6.45) is 9.00. The molecule has 5 aliphatic rings. The van der Waals surface area contributed by atoms with Crippen LogP contribution in [0.15, 0.2) is 0 Å². The van der Waals surface area contributed by atoms with Crippen LogP contribution < -0.4 is 0 Å². The summed E-state index contributed by atoms with van der Waals surface area (Å²) in [5.41, 5.74) is -1.01. The van der Waals surface area contributed by atoms with Crippen molar-refractivity contribution in [2.24, 2.45) is 46.3 Å². The van der Waals surface area contributed by atoms with Crippen LogP contribution >= 0.6 is 0 Å². The highest BCUT2D eigenvalue weighted by molar-refractivity contribution is 5.66. The first kappa shape index (κ1) is 26.0. The third kappa shape index (κ3) is 3.93. The fourth-order valence-electron chi connectivity index (χ4n) is 10.1. The Bertz CT molecular complexity index is 822. The minimum atomic E-state index is -1.17. The second kappa shape index (κ2) is 8.70. The maximum atomic E-state index is 11.9. The highest BCUT2D eigenvalue weighted by atomic mass is 16.6. The van der Waals surface area contributed by atoms with Crippen LogP contribution in [0.3, 0.4) is 0 Å². The molecule has 1 heterocycles. The van der Waals surface area contributed by atoms with Crippen molar-refractivity contribution in [3.05, 3.63) is 0 Å². The first-order valence-electron chi connectivity index (χ1n) is 14.6. The van der Waals surface area contributed by atoms with Gasteiger partial charge in [-0.2, -0.15) is 0 Å². The minimum absolute atomic E-state index is 0.141. The van der Waals surface area contributed by atoms with E-state index in [-0.39, 0.29) is 23.1 Å². The number of carbonyl (C=O) groups excluding carboxylic acids is 1. The van der Waals surface area contributed by atoms with Gasteiger partial charge in [-0.3, -0.25) is 4.79 Å². The van der Waals surface area contributed by atoms with E-state index in [9.17, 15) is 15.0 Å². The Morgan fingerprint density at radius 3 is 2.43 bits per heavy atom. The number of epoxide rings is 1. The van der Waals surface area contributed by atoms with Gasteiger partial charge in [0.25, 0.3) is 0 Å². The second-order valence-corrected chi connectivity index (χ2v) is 14.2. The SMILES string of the molecule is CC(=O)O[C@H]1CC[C@]2(C)[C@H]3CC[C@]4(C)[C@@H]([C@H](C)CC[C@]5(C(C)C)CO5)CC[C@H]4[C@@H]3C[C@H](O)[C@@]2(O)C1. The normalized spacial score (nSPS) is 51.8. The van der Waals surface area contributed by atoms with E-state index >= 15 is 0 Å². The molecule has 1 aliphatic heterocycles. The maximum absolute atomic E-state index is 11.9. The first-order valence-corrected chi connectivity index (χ1v) is 14.6. The second-order valence-electron chi connectivity index (χ2n) is 14.2. The molecule has 0 bridgehead atoms. The van der Waals surface area contributed by atoms with Crippen LogP contribution in [0, 0.1) is 46.3 Å². The van der Waals surface area contributed by atoms with Gasteiger partial charge in [0.15, 0.2) is 0 Å². The largest absolute Gasteiger partial charge is 0.462 e. The van der Waals surface area contributed by atoms with Gasteiger partial charge in [0.2, 0.25) is 0 Å². The zero-order valence-corrected chi connectivity index (χ0v) is 23.0. The number of rotatable bonds is 6. The zero-order valence-electron chi connectivity index (χ0n) is 23.0. The van der Waals surface area contributed by atoms with Gasteiger partial charge in [-0.25, -0.2) is 0 Å². The van der Waals surface area contributed by atoms with Gasteiger partial charge < -0.3 is 19.7 Å². The molecule has 5 fully saturated rings. The molecule has 0 aromatic rings. The summed E-state index contributed by atoms with van der Waals surface area (Å²) in [6.45, 7) is 14.2. The van der Waals surface area contributed by atoms with Crippen molar-refractivity contribution in [1.29, 1.82) is 0 Å². The van der Waals surface area contributed by atoms with Crippen LogP contribution in [-0.4, -0.2) is 46.2 Å². The van der Waals surface area contributed by atoms with Crippen LogP contribution in [0.4, 0.5) is 0 Å². The van der Waals surface area contributed by atoms with E-state index in [0.29, 0.717) is 47.8 Å². The van der Waals surface area contributed by atoms with Gasteiger partial charge in [-0.15, -0.1) is 0 Å². The molecule has 5 nitrogen and oxygen atoms in total. The van der Waals surface area contributed by atoms with E-state index in [1.54, 1.807) is 0 Å². The van der Waals surface area contributed by atoms with Crippen LogP contribution in [0.1, 0.15) is 106 Å². The van der Waals surface area contributed by atoms with Crippen molar-refractivity contribution in [3.63, 3.8) is 0 Å². The zero-order chi connectivity index (χ0) is 25.4. The molecule has 4 aliphatic carbocycles. The third-order valence-corrected chi connectivity index (χ3v) is 12.5. The van der Waals surface area contributed by atoms with E-state index < -0.39 is 11.7 Å². The van der Waals surface area contributed by atoms with Crippen molar-refractivity contribution >= 4 is 5.97 Å². The van der Waals surface area contributed by atoms with E-state index in [1.807, 2.05) is 0 Å². The van der Waals surface area contributed by atoms with Gasteiger partial charge in [0, 0.05) is 18.8 Å². The number of carbonyl (C=O) groups is 1. The molecule has 0 unspecified atom stereocenters. The third-order valence-electron chi connectivity index (χ3n) is 12.5. The molecule has 2 N–H and O–H groups in total. The predicted octanol–water partition coefficient (Wildman–Crippen LogP) is 5.50. The highest BCUT2D eigenvalue weighted by Crippen LogP contribution is 2.69. The Labute approximate surface area is 212 Å². The van der Waals surface area contributed by atoms with E-state index in [0.717, 1.165) is 31.8 Å². The number of aliphatic hydroxyl groups is 2. The smallest absolute Gasteiger partial charge is 0.302 e. The Kier molecular flexibility index (Phi) is 6.45. The summed E-state index contributed by atoms with van der Waals surface area (Å²) in [5.74, 6) is 3.28. The summed E-state index contributed by atoms with van der Waals surface area (Å²) in [7, 11) is 0. The molecule has 200 valence electrons. The van der Waals surface area contributed by atoms with E-state index in [4.69, 9.17) is 9.47 Å². The molecule has 1 saturated heterocycles. The number of ether oxygens (including phenoxy) is 2. The lowest BCUT2D eigenvalue weighted by molar-refractivity contribution is -0.266. The minimum Gasteiger partial charge on any atom is -0.462 e. The molecule has 0 amide bonds. The molecular formula is C30H50O5. The van der Waals surface area contributed by atoms with Crippen LogP contribution in [0.25, 0.3) is 0 Å². The Balaban J connectivity index is 1.32. The van der Waals surface area contributed by atoms with Gasteiger partial charge >= 0.3 is 5.97 Å². The van der Waals surface area contributed by atoms with Crippen molar-refractivity contribution in [3.8, 4) is 0 Å². The quantitative estimate of drug-likeness (QED) is 0.379. The molecule has 5 heteroatoms. The number of aliphatic hydroxyl groups excluding tert-OH is 1. The number of hydrogen-bond donors (Lipinski definition) is 2. The highest BCUT2D eigenvalue weighted by Gasteiger charge is 2.67. The Morgan fingerprint density at radius 1 is 1.09 bits per heavy atom. The molecular weight excluding hydrogens is 440 g/mol. The van der Waals surface area contributed by atoms with Gasteiger partial charge in [0.1, 0.15) is 6.10 Å². The number of fused-ring (bicyclic) bond motifs is 5. The summed E-state index contributed by atoms with van der Waals surface area (Å²) in [6, 6.07) is 0. The lowest BCUT2D eigenvalue weighted by Crippen LogP contribution is -2.68. The Morgan fingerprint density at radius 2 is 1.80 bits per heavy atom. The lowest BCUT2D eigenvalue weighted by atomic mass is 9.42. The topological polar surface area (TPSA) is 79.3 Å². The molecule has 0 radical (unpaired) electrons. The summed E-state index contributed by atoms with van der Waals surface area (Å²) in [4.78, 5) is 11.6. The molecule has 0 aromatic carbocycles. The molecule has 0 aromatic heterocycles. The van der Waals surface area contributed by atoms with Crippen molar-refractivity contribution < 1.29 is 24.5 Å². The molecule has 0 spiro atoms. The summed E-state index contributed by atoms with van der Waals surface area (Å²) >= 11 is 0. The average molecular weight is 491 g/mol. The standard InChI is InChI=1S/C30H50O5/c1-18(2)29(17-34-29)14-9-19(3)23-7-8-24-22-15-26(32)30(33)16-21(35-20(4)31)10-13-28(30,6)25(22)11-12-27(23,24)5/h18-19,21-26,32-33H,7-17H2,1-6H3/t19-,21+,22+,23-,24+,25+,26+,27-,28-,29-,30+/m1/s1. The molecule has 35 heavy (non-hydrogen) atoms. The van der Waals surface area contributed by atoms with Crippen LogP contribution in [-0.2, 0) is 14.3 Å². The van der Waals surface area contributed by atoms with Gasteiger partial charge in [0.05, 0.1) is 23.9 Å². The van der Waals surface area contributed by atoms with Gasteiger partial charge in [-0.1, -0.05) is 34.6 Å². The fraction of sp³-hybridized carbons (Fsp3) is 0.967. The van der Waals surface area contributed by atoms with Crippen LogP contribution in [0.5, 0.6) is 0 Å². The lowest BCUT2D eigenvalue weighted by Gasteiger charge is -2.65. The number of hydrogen-bond acceptors (Lipinski definition) is 5. The Hall–Kier alpha value is -0.650. The summed E-state index contributed by atoms with van der Waals surface area (Å²) < 4.78 is 11.4. The summed E-state index contributed by atoms with van der Waals surface area (Å²) in [5, 5.41) is 23.4. The molecule has 5 rings (SSSR count). The van der Waals surface area contributed by atoms with Crippen LogP contribution in [0.2, 0.25) is 0 Å². The predicted molar refractivity (Wildman–Crippen MR) is 136 cm³/mol. The molecule has 11 atom stereocenters.